The largest absolute Gasteiger partial charge is 0.497 e. The predicted octanol–water partition coefficient (Wildman–Crippen LogP) is 2.76. The van der Waals surface area contributed by atoms with E-state index in [1.54, 1.807) is 19.4 Å². The summed E-state index contributed by atoms with van der Waals surface area (Å²) in [6.45, 7) is 1.58. The Bertz CT molecular complexity index is 660. The minimum atomic E-state index is -0.264. The second-order valence-electron chi connectivity index (χ2n) is 6.14. The van der Waals surface area contributed by atoms with Gasteiger partial charge in [-0.25, -0.2) is 4.39 Å². The Morgan fingerprint density at radius 1 is 1.17 bits per heavy atom. The van der Waals surface area contributed by atoms with E-state index in [0.29, 0.717) is 17.6 Å². The molecule has 0 aliphatic carbocycles. The van der Waals surface area contributed by atoms with Crippen LogP contribution >= 0.6 is 0 Å². The van der Waals surface area contributed by atoms with Crippen molar-refractivity contribution in [1.82, 2.24) is 9.88 Å². The van der Waals surface area contributed by atoms with Crippen LogP contribution < -0.4 is 9.64 Å². The lowest BCUT2D eigenvalue weighted by atomic mass is 9.93. The van der Waals surface area contributed by atoms with Crippen molar-refractivity contribution in [2.75, 3.05) is 39.2 Å². The first-order valence-electron chi connectivity index (χ1n) is 7.75. The third-order valence-corrected chi connectivity index (χ3v) is 4.59. The molecule has 0 spiro atoms. The van der Waals surface area contributed by atoms with Crippen LogP contribution in [-0.2, 0) is 0 Å². The third-order valence-electron chi connectivity index (χ3n) is 4.59. The number of methoxy groups -OCH3 is 1. The fourth-order valence-electron chi connectivity index (χ4n) is 3.31. The second-order valence-corrected chi connectivity index (χ2v) is 6.14. The molecule has 0 saturated carbocycles. The maximum absolute atomic E-state index is 14.1. The smallest absolute Gasteiger partial charge is 0.164 e. The van der Waals surface area contributed by atoms with Crippen molar-refractivity contribution in [3.8, 4) is 5.75 Å². The number of pyridine rings is 1. The summed E-state index contributed by atoms with van der Waals surface area (Å²) in [4.78, 5) is 8.16. The van der Waals surface area contributed by atoms with Gasteiger partial charge in [0.2, 0.25) is 0 Å². The average Bonchev–Trinajstić information content (AvgIpc) is 3.01. The number of halogens is 1. The van der Waals surface area contributed by atoms with Crippen LogP contribution in [0.1, 0.15) is 11.5 Å². The first kappa shape index (κ1) is 15.7. The van der Waals surface area contributed by atoms with E-state index >= 15 is 0 Å². The molecule has 0 unspecified atom stereocenters. The summed E-state index contributed by atoms with van der Waals surface area (Å²) < 4.78 is 19.3. The number of rotatable bonds is 4. The van der Waals surface area contributed by atoms with E-state index in [2.05, 4.69) is 41.0 Å². The van der Waals surface area contributed by atoms with Crippen molar-refractivity contribution in [3.63, 3.8) is 0 Å². The van der Waals surface area contributed by atoms with Crippen molar-refractivity contribution in [1.29, 1.82) is 0 Å². The zero-order chi connectivity index (χ0) is 16.4. The van der Waals surface area contributed by atoms with Crippen LogP contribution in [0.25, 0.3) is 0 Å². The minimum Gasteiger partial charge on any atom is -0.497 e. The van der Waals surface area contributed by atoms with E-state index in [1.807, 2.05) is 12.1 Å². The fraction of sp³-hybridized carbons (Fsp3) is 0.389. The molecule has 0 bridgehead atoms. The van der Waals surface area contributed by atoms with Crippen LogP contribution in [0.2, 0.25) is 0 Å². The van der Waals surface area contributed by atoms with Gasteiger partial charge in [0.25, 0.3) is 0 Å². The van der Waals surface area contributed by atoms with Crippen molar-refractivity contribution in [3.05, 3.63) is 54.1 Å². The molecule has 0 N–H and O–H groups in total. The molecule has 1 aromatic carbocycles. The van der Waals surface area contributed by atoms with E-state index in [1.165, 1.54) is 11.8 Å². The number of nitrogens with zero attached hydrogens (tertiary/aromatic N) is 3. The van der Waals surface area contributed by atoms with Gasteiger partial charge < -0.3 is 14.5 Å². The lowest BCUT2D eigenvalue weighted by molar-refractivity contribution is 0.292. The summed E-state index contributed by atoms with van der Waals surface area (Å²) in [7, 11) is 5.82. The molecule has 2 atom stereocenters. The van der Waals surface area contributed by atoms with Crippen LogP contribution in [0, 0.1) is 5.82 Å². The molecule has 4 nitrogen and oxygen atoms in total. The zero-order valence-electron chi connectivity index (χ0n) is 13.7. The van der Waals surface area contributed by atoms with Gasteiger partial charge in [0, 0.05) is 31.2 Å². The van der Waals surface area contributed by atoms with Crippen LogP contribution in [0.5, 0.6) is 5.75 Å². The average molecular weight is 315 g/mol. The van der Waals surface area contributed by atoms with Crippen LogP contribution in [-0.4, -0.2) is 50.2 Å². The number of aromatic nitrogens is 1. The molecule has 1 fully saturated rings. The Kier molecular flexibility index (Phi) is 4.48. The maximum atomic E-state index is 14.1. The first-order valence-corrected chi connectivity index (χ1v) is 7.75. The zero-order valence-corrected chi connectivity index (χ0v) is 13.7. The molecule has 3 rings (SSSR count). The van der Waals surface area contributed by atoms with Gasteiger partial charge in [0.15, 0.2) is 5.82 Å². The van der Waals surface area contributed by atoms with Gasteiger partial charge in [-0.3, -0.25) is 4.98 Å². The SMILES string of the molecule is COc1ccc([C@@H]2CN(c3ccncc3F)C[C@H]2N(C)C)cc1. The highest BCUT2D eigenvalue weighted by atomic mass is 19.1. The summed E-state index contributed by atoms with van der Waals surface area (Å²) >= 11 is 0. The number of anilines is 1. The van der Waals surface area contributed by atoms with Gasteiger partial charge in [-0.05, 0) is 37.9 Å². The van der Waals surface area contributed by atoms with E-state index in [-0.39, 0.29) is 5.82 Å². The Morgan fingerprint density at radius 3 is 2.52 bits per heavy atom. The molecule has 2 heterocycles. The highest BCUT2D eigenvalue weighted by molar-refractivity contribution is 5.49. The molecule has 122 valence electrons. The van der Waals surface area contributed by atoms with Crippen LogP contribution in [0.3, 0.4) is 0 Å². The summed E-state index contributed by atoms with van der Waals surface area (Å²) in [5.41, 5.74) is 1.88. The molecule has 1 aliphatic rings. The molecule has 23 heavy (non-hydrogen) atoms. The molecule has 0 amide bonds. The lowest BCUT2D eigenvalue weighted by Gasteiger charge is -2.25. The number of hydrogen-bond acceptors (Lipinski definition) is 4. The Labute approximate surface area is 136 Å². The van der Waals surface area contributed by atoms with Crippen molar-refractivity contribution in [2.24, 2.45) is 0 Å². The summed E-state index contributed by atoms with van der Waals surface area (Å²) in [5.74, 6) is 0.911. The maximum Gasteiger partial charge on any atom is 0.164 e. The van der Waals surface area contributed by atoms with Gasteiger partial charge in [-0.1, -0.05) is 12.1 Å². The molecule has 1 saturated heterocycles. The Balaban J connectivity index is 1.88. The molecular weight excluding hydrogens is 293 g/mol. The van der Waals surface area contributed by atoms with Gasteiger partial charge in [0.1, 0.15) is 5.75 Å². The Hall–Kier alpha value is -2.14. The topological polar surface area (TPSA) is 28.6 Å². The van der Waals surface area contributed by atoms with Gasteiger partial charge >= 0.3 is 0 Å². The first-order chi connectivity index (χ1) is 11.1. The van der Waals surface area contributed by atoms with E-state index in [9.17, 15) is 4.39 Å². The highest BCUT2D eigenvalue weighted by Gasteiger charge is 2.36. The quantitative estimate of drug-likeness (QED) is 0.867. The standard InChI is InChI=1S/C18H22FN3O/c1-21(2)18-12-22(17-8-9-20-10-16(17)19)11-15(18)13-4-6-14(23-3)7-5-13/h4-10,15,18H,11-12H2,1-3H3/t15-,18+/m0/s1. The van der Waals surface area contributed by atoms with Crippen molar-refractivity contribution >= 4 is 5.69 Å². The van der Waals surface area contributed by atoms with E-state index in [4.69, 9.17) is 4.74 Å². The van der Waals surface area contributed by atoms with Crippen LogP contribution in [0.15, 0.2) is 42.7 Å². The lowest BCUT2D eigenvalue weighted by Crippen LogP contribution is -2.34. The van der Waals surface area contributed by atoms with Gasteiger partial charge in [-0.15, -0.1) is 0 Å². The molecule has 5 heteroatoms. The number of ether oxygens (including phenoxy) is 1. The van der Waals surface area contributed by atoms with Gasteiger partial charge in [-0.2, -0.15) is 0 Å². The molecule has 1 aliphatic heterocycles. The number of likely N-dealkylation sites (N-methyl/N-ethyl adjacent to an activating group) is 1. The predicted molar refractivity (Wildman–Crippen MR) is 89.6 cm³/mol. The number of hydrogen-bond donors (Lipinski definition) is 0. The highest BCUT2D eigenvalue weighted by Crippen LogP contribution is 2.34. The summed E-state index contributed by atoms with van der Waals surface area (Å²) in [5, 5.41) is 0. The van der Waals surface area contributed by atoms with E-state index in [0.717, 1.165) is 18.8 Å². The van der Waals surface area contributed by atoms with Crippen molar-refractivity contribution < 1.29 is 9.13 Å². The summed E-state index contributed by atoms with van der Waals surface area (Å²) in [6, 6.07) is 10.3. The third kappa shape index (κ3) is 3.15. The monoisotopic (exact) mass is 315 g/mol. The summed E-state index contributed by atoms with van der Waals surface area (Å²) in [6.07, 6.45) is 2.92. The molecular formula is C18H22FN3O. The number of benzene rings is 1. The molecule has 0 radical (unpaired) electrons. The fourth-order valence-corrected chi connectivity index (χ4v) is 3.31. The molecule has 1 aromatic heterocycles. The van der Waals surface area contributed by atoms with Gasteiger partial charge in [0.05, 0.1) is 19.0 Å². The second kappa shape index (κ2) is 6.54. The van der Waals surface area contributed by atoms with Crippen LogP contribution in [0.4, 0.5) is 10.1 Å². The van der Waals surface area contributed by atoms with E-state index < -0.39 is 0 Å². The Morgan fingerprint density at radius 2 is 1.91 bits per heavy atom. The normalized spacial score (nSPS) is 21.0. The molecule has 2 aromatic rings. The van der Waals surface area contributed by atoms with Crippen molar-refractivity contribution in [2.45, 2.75) is 12.0 Å². The minimum absolute atomic E-state index is 0.264.